The number of carbonyl (C=O) groups excluding carboxylic acids is 1. The molecule has 0 aromatic heterocycles. The molecule has 1 saturated heterocycles. The molecule has 0 radical (unpaired) electrons. The van der Waals surface area contributed by atoms with Crippen LogP contribution < -0.4 is 4.74 Å². The average molecular weight is 457 g/mol. The molecule has 2 aromatic carbocycles. The normalized spacial score (nSPS) is 24.2. The smallest absolute Gasteiger partial charge is 0.267 e. The zero-order valence-corrected chi connectivity index (χ0v) is 19.1. The molecule has 0 bridgehead atoms. The van der Waals surface area contributed by atoms with Gasteiger partial charge in [-0.1, -0.05) is 49.6 Å². The van der Waals surface area contributed by atoms with Crippen LogP contribution in [0.4, 0.5) is 5.69 Å². The van der Waals surface area contributed by atoms with E-state index in [4.69, 9.17) is 21.3 Å². The van der Waals surface area contributed by atoms with Gasteiger partial charge in [0.25, 0.3) is 5.91 Å². The second-order valence-electron chi connectivity index (χ2n) is 7.90. The maximum absolute atomic E-state index is 13.5. The Labute approximate surface area is 191 Å². The Morgan fingerprint density at radius 2 is 1.97 bits per heavy atom. The number of thioether (sulfide) groups is 1. The molecule has 7 heteroatoms. The third-order valence-electron chi connectivity index (χ3n) is 5.78. The predicted octanol–water partition coefficient (Wildman–Crippen LogP) is 6.24. The zero-order valence-electron chi connectivity index (χ0n) is 17.5. The van der Waals surface area contributed by atoms with Crippen molar-refractivity contribution in [2.75, 3.05) is 7.11 Å². The number of hydrogen-bond acceptors (Lipinski definition) is 5. The fourth-order valence-electron chi connectivity index (χ4n) is 4.13. The molecule has 1 saturated carbocycles. The van der Waals surface area contributed by atoms with Crippen LogP contribution in [0.25, 0.3) is 6.08 Å². The Morgan fingerprint density at radius 1 is 1.23 bits per heavy atom. The van der Waals surface area contributed by atoms with Crippen LogP contribution in [0, 0.1) is 5.92 Å². The van der Waals surface area contributed by atoms with Crippen LogP contribution in [0.5, 0.6) is 11.5 Å². The summed E-state index contributed by atoms with van der Waals surface area (Å²) in [6.07, 6.45) is 6.20. The van der Waals surface area contributed by atoms with E-state index >= 15 is 0 Å². The summed E-state index contributed by atoms with van der Waals surface area (Å²) in [6, 6.07) is 13.1. The number of ether oxygens (including phenoxy) is 1. The van der Waals surface area contributed by atoms with E-state index in [1.165, 1.54) is 25.3 Å². The van der Waals surface area contributed by atoms with E-state index in [-0.39, 0.29) is 28.5 Å². The number of nitrogens with zero attached hydrogens (tertiary/aromatic N) is 2. The molecule has 0 spiro atoms. The zero-order chi connectivity index (χ0) is 22.0. The van der Waals surface area contributed by atoms with Crippen LogP contribution in [0.3, 0.4) is 0 Å². The fraction of sp³-hybridized carbons (Fsp3) is 0.333. The lowest BCUT2D eigenvalue weighted by Gasteiger charge is -2.35. The maximum atomic E-state index is 13.5. The Bertz CT molecular complexity index is 1040. The average Bonchev–Trinajstić information content (AvgIpc) is 3.06. The molecule has 2 aliphatic rings. The number of benzene rings is 2. The first-order valence-electron chi connectivity index (χ1n) is 10.4. The highest BCUT2D eigenvalue weighted by Gasteiger charge is 2.41. The van der Waals surface area contributed by atoms with Crippen molar-refractivity contribution in [1.29, 1.82) is 0 Å². The minimum Gasteiger partial charge on any atom is -0.503 e. The van der Waals surface area contributed by atoms with Crippen molar-refractivity contribution >= 4 is 46.2 Å². The second-order valence-corrected chi connectivity index (χ2v) is 9.31. The topological polar surface area (TPSA) is 62.1 Å². The first kappa shape index (κ1) is 21.8. The highest BCUT2D eigenvalue weighted by Crippen LogP contribution is 2.41. The number of para-hydroxylation sites is 1. The SMILES string of the molecule is COc1cc(/C=C2\SC(=Nc3ccccc3)N([C@@H]3CCCC[C@H]3C)C2=O)cc(Cl)c1O. The van der Waals surface area contributed by atoms with Crippen molar-refractivity contribution in [3.63, 3.8) is 0 Å². The monoisotopic (exact) mass is 456 g/mol. The Balaban J connectivity index is 1.74. The summed E-state index contributed by atoms with van der Waals surface area (Å²) in [5.74, 6) is 0.537. The van der Waals surface area contributed by atoms with E-state index in [1.54, 1.807) is 18.2 Å². The van der Waals surface area contributed by atoms with Gasteiger partial charge in [-0.2, -0.15) is 0 Å². The molecule has 1 aliphatic carbocycles. The summed E-state index contributed by atoms with van der Waals surface area (Å²) in [5.41, 5.74) is 1.51. The van der Waals surface area contributed by atoms with Crippen molar-refractivity contribution < 1.29 is 14.6 Å². The molecule has 4 rings (SSSR count). The molecule has 2 fully saturated rings. The molecule has 1 aliphatic heterocycles. The van der Waals surface area contributed by atoms with Gasteiger partial charge >= 0.3 is 0 Å². The Morgan fingerprint density at radius 3 is 2.68 bits per heavy atom. The van der Waals surface area contributed by atoms with E-state index < -0.39 is 0 Å². The van der Waals surface area contributed by atoms with E-state index in [2.05, 4.69) is 6.92 Å². The third kappa shape index (κ3) is 4.60. The molecule has 2 aromatic rings. The largest absolute Gasteiger partial charge is 0.503 e. The summed E-state index contributed by atoms with van der Waals surface area (Å²) in [5, 5.41) is 10.9. The van der Waals surface area contributed by atoms with Crippen molar-refractivity contribution in [3.8, 4) is 11.5 Å². The number of hydrogen-bond donors (Lipinski definition) is 1. The summed E-state index contributed by atoms with van der Waals surface area (Å²) in [7, 11) is 1.47. The molecule has 31 heavy (non-hydrogen) atoms. The van der Waals surface area contributed by atoms with Gasteiger partial charge < -0.3 is 9.84 Å². The molecule has 1 heterocycles. The highest BCUT2D eigenvalue weighted by molar-refractivity contribution is 8.18. The lowest BCUT2D eigenvalue weighted by Crippen LogP contribution is -2.44. The number of carbonyl (C=O) groups is 1. The van der Waals surface area contributed by atoms with E-state index in [9.17, 15) is 9.90 Å². The van der Waals surface area contributed by atoms with Gasteiger partial charge in [-0.3, -0.25) is 9.69 Å². The summed E-state index contributed by atoms with van der Waals surface area (Å²) in [6.45, 7) is 2.22. The summed E-state index contributed by atoms with van der Waals surface area (Å²) >= 11 is 7.52. The van der Waals surface area contributed by atoms with E-state index in [0.717, 1.165) is 24.9 Å². The Kier molecular flexibility index (Phi) is 6.58. The molecule has 1 N–H and O–H groups in total. The van der Waals surface area contributed by atoms with Gasteiger partial charge in [0.1, 0.15) is 0 Å². The first-order chi connectivity index (χ1) is 15.0. The summed E-state index contributed by atoms with van der Waals surface area (Å²) in [4.78, 5) is 20.8. The molecule has 0 unspecified atom stereocenters. The van der Waals surface area contributed by atoms with Crippen LogP contribution in [0.2, 0.25) is 5.02 Å². The van der Waals surface area contributed by atoms with Crippen molar-refractivity contribution in [2.45, 2.75) is 38.6 Å². The maximum Gasteiger partial charge on any atom is 0.267 e. The number of halogens is 1. The first-order valence-corrected chi connectivity index (χ1v) is 11.6. The number of phenols is 1. The van der Waals surface area contributed by atoms with Crippen molar-refractivity contribution in [1.82, 2.24) is 4.90 Å². The van der Waals surface area contributed by atoms with Crippen LogP contribution >= 0.6 is 23.4 Å². The van der Waals surface area contributed by atoms with Gasteiger partial charge in [-0.25, -0.2) is 4.99 Å². The second kappa shape index (κ2) is 9.37. The van der Waals surface area contributed by atoms with Crippen LogP contribution in [0.15, 0.2) is 52.4 Å². The van der Waals surface area contributed by atoms with Crippen molar-refractivity contribution in [2.24, 2.45) is 10.9 Å². The number of aromatic hydroxyl groups is 1. The molecule has 2 atom stereocenters. The lowest BCUT2D eigenvalue weighted by molar-refractivity contribution is -0.124. The molecule has 162 valence electrons. The Hall–Kier alpha value is -2.44. The molecule has 5 nitrogen and oxygen atoms in total. The highest BCUT2D eigenvalue weighted by atomic mass is 35.5. The number of rotatable bonds is 4. The van der Waals surface area contributed by atoms with Crippen molar-refractivity contribution in [3.05, 3.63) is 58.0 Å². The van der Waals surface area contributed by atoms with Gasteiger partial charge in [0.15, 0.2) is 16.7 Å². The minimum absolute atomic E-state index is 0.0402. The van der Waals surface area contributed by atoms with Gasteiger partial charge in [0.2, 0.25) is 0 Å². The number of aliphatic imine (C=N–C) groups is 1. The van der Waals surface area contributed by atoms with Crippen LogP contribution in [-0.2, 0) is 4.79 Å². The number of methoxy groups -OCH3 is 1. The summed E-state index contributed by atoms with van der Waals surface area (Å²) < 4.78 is 5.20. The van der Waals surface area contributed by atoms with E-state index in [0.29, 0.717) is 21.6 Å². The van der Waals surface area contributed by atoms with Gasteiger partial charge in [-0.15, -0.1) is 0 Å². The predicted molar refractivity (Wildman–Crippen MR) is 127 cm³/mol. The fourth-order valence-corrected chi connectivity index (χ4v) is 5.40. The number of phenolic OH excluding ortho intramolecular Hbond substituents is 1. The van der Waals surface area contributed by atoms with Gasteiger partial charge in [-0.05, 0) is 66.4 Å². The molecule has 1 amide bonds. The quantitative estimate of drug-likeness (QED) is 0.553. The van der Waals surface area contributed by atoms with Crippen LogP contribution in [0.1, 0.15) is 38.2 Å². The molecular weight excluding hydrogens is 432 g/mol. The third-order valence-corrected chi connectivity index (χ3v) is 7.06. The number of amidine groups is 1. The van der Waals surface area contributed by atoms with Gasteiger partial charge in [0, 0.05) is 6.04 Å². The number of amides is 1. The van der Waals surface area contributed by atoms with Gasteiger partial charge in [0.05, 0.1) is 22.7 Å². The molecular formula is C24H25ClN2O3S. The lowest BCUT2D eigenvalue weighted by atomic mass is 9.85. The minimum atomic E-state index is -0.110. The van der Waals surface area contributed by atoms with Crippen LogP contribution in [-0.4, -0.2) is 34.2 Å². The standard InChI is InChI=1S/C24H25ClN2O3S/c1-15-8-6-7-11-19(15)27-23(29)21(31-24(27)26-17-9-4-3-5-10-17)14-16-12-18(25)22(28)20(13-16)30-2/h3-5,9-10,12-15,19,28H,6-8,11H2,1-2H3/b21-14-,26-24?/t15-,19-/m1/s1. The van der Waals surface area contributed by atoms with E-state index in [1.807, 2.05) is 35.2 Å².